The molecule has 0 saturated heterocycles. The first kappa shape index (κ1) is 13.5. The lowest BCUT2D eigenvalue weighted by Gasteiger charge is -2.19. The summed E-state index contributed by atoms with van der Waals surface area (Å²) in [6, 6.07) is 5.71. The van der Waals surface area contributed by atoms with E-state index in [0.717, 1.165) is 36.8 Å². The second kappa shape index (κ2) is 5.86. The Morgan fingerprint density at radius 1 is 1.10 bits per heavy atom. The minimum absolute atomic E-state index is 0.0906. The first-order chi connectivity index (χ1) is 9.75. The summed E-state index contributed by atoms with van der Waals surface area (Å²) in [4.78, 5) is 12.4. The van der Waals surface area contributed by atoms with Crippen LogP contribution in [0.5, 0.6) is 5.75 Å². The number of fused-ring (bicyclic) bond motifs is 1. The van der Waals surface area contributed by atoms with Crippen molar-refractivity contribution >= 4 is 5.91 Å². The van der Waals surface area contributed by atoms with Gasteiger partial charge in [0.2, 0.25) is 5.91 Å². The summed E-state index contributed by atoms with van der Waals surface area (Å²) in [7, 11) is 0. The van der Waals surface area contributed by atoms with E-state index >= 15 is 0 Å². The highest BCUT2D eigenvalue weighted by atomic mass is 16.3. The monoisotopic (exact) mass is 273 g/mol. The number of carbonyl (C=O) groups excluding carboxylic acids is 1. The number of phenols is 1. The molecule has 0 bridgehead atoms. The molecule has 0 aromatic heterocycles. The molecule has 2 aliphatic carbocycles. The number of phenolic OH excluding ortho intramolecular Hbond substituents is 1. The molecule has 1 unspecified atom stereocenters. The van der Waals surface area contributed by atoms with E-state index in [1.807, 2.05) is 12.1 Å². The molecule has 3 heteroatoms. The summed E-state index contributed by atoms with van der Waals surface area (Å²) in [5, 5.41) is 13.1. The Kier molecular flexibility index (Phi) is 3.95. The Balaban J connectivity index is 1.67. The van der Waals surface area contributed by atoms with Gasteiger partial charge in [0.25, 0.3) is 0 Å². The Morgan fingerprint density at radius 2 is 1.85 bits per heavy atom. The van der Waals surface area contributed by atoms with Crippen molar-refractivity contribution in [3.8, 4) is 5.75 Å². The van der Waals surface area contributed by atoms with Gasteiger partial charge in [0, 0.05) is 5.92 Å². The molecule has 2 aliphatic rings. The number of nitrogens with one attached hydrogen (secondary N) is 1. The molecular formula is C17H23NO2. The van der Waals surface area contributed by atoms with Gasteiger partial charge in [0.1, 0.15) is 5.75 Å². The number of carbonyl (C=O) groups is 1. The van der Waals surface area contributed by atoms with Crippen molar-refractivity contribution in [2.75, 3.05) is 0 Å². The summed E-state index contributed by atoms with van der Waals surface area (Å²) in [6.45, 7) is 0. The van der Waals surface area contributed by atoms with Gasteiger partial charge in [-0.2, -0.15) is 0 Å². The van der Waals surface area contributed by atoms with Gasteiger partial charge in [-0.1, -0.05) is 37.8 Å². The molecular weight excluding hydrogens is 250 g/mol. The van der Waals surface area contributed by atoms with Crippen molar-refractivity contribution in [1.29, 1.82) is 0 Å². The topological polar surface area (TPSA) is 49.3 Å². The maximum atomic E-state index is 12.4. The highest BCUT2D eigenvalue weighted by Crippen LogP contribution is 2.36. The average molecular weight is 273 g/mol. The first-order valence-corrected chi connectivity index (χ1v) is 7.87. The standard InChI is InChI=1S/C17H23NO2/c19-16-9-5-8-13-14(16)10-11-15(13)18-17(20)12-6-3-1-2-4-7-12/h5,8-9,12,15,19H,1-4,6-7,10-11H2,(H,18,20). The van der Waals surface area contributed by atoms with Crippen molar-refractivity contribution < 1.29 is 9.90 Å². The SMILES string of the molecule is O=C(NC1CCc2c(O)cccc21)C1CCCCCC1. The third kappa shape index (κ3) is 2.67. The number of hydrogen-bond donors (Lipinski definition) is 2. The van der Waals surface area contributed by atoms with Crippen molar-refractivity contribution in [3.05, 3.63) is 29.3 Å². The maximum Gasteiger partial charge on any atom is 0.223 e. The molecule has 20 heavy (non-hydrogen) atoms. The molecule has 3 rings (SSSR count). The lowest BCUT2D eigenvalue weighted by Crippen LogP contribution is -2.33. The Hall–Kier alpha value is -1.51. The average Bonchev–Trinajstić information content (AvgIpc) is 2.69. The molecule has 2 N–H and O–H groups in total. The highest BCUT2D eigenvalue weighted by molar-refractivity contribution is 5.79. The Bertz CT molecular complexity index is 490. The summed E-state index contributed by atoms with van der Waals surface area (Å²) < 4.78 is 0. The van der Waals surface area contributed by atoms with Gasteiger partial charge in [0.15, 0.2) is 0 Å². The van der Waals surface area contributed by atoms with Crippen LogP contribution in [0, 0.1) is 5.92 Å². The van der Waals surface area contributed by atoms with Crippen LogP contribution in [0.4, 0.5) is 0 Å². The van der Waals surface area contributed by atoms with E-state index in [2.05, 4.69) is 5.32 Å². The van der Waals surface area contributed by atoms with Crippen LogP contribution in [0.3, 0.4) is 0 Å². The van der Waals surface area contributed by atoms with Crippen LogP contribution < -0.4 is 5.32 Å². The molecule has 1 aromatic rings. The van der Waals surface area contributed by atoms with E-state index in [9.17, 15) is 9.90 Å². The molecule has 1 atom stereocenters. The molecule has 1 amide bonds. The molecule has 0 spiro atoms. The number of aromatic hydroxyl groups is 1. The zero-order valence-corrected chi connectivity index (χ0v) is 11.9. The van der Waals surface area contributed by atoms with Crippen LogP contribution in [0.15, 0.2) is 18.2 Å². The fourth-order valence-electron chi connectivity index (χ4n) is 3.62. The van der Waals surface area contributed by atoms with Crippen LogP contribution >= 0.6 is 0 Å². The van der Waals surface area contributed by atoms with Gasteiger partial charge >= 0.3 is 0 Å². The minimum Gasteiger partial charge on any atom is -0.508 e. The van der Waals surface area contributed by atoms with Crippen molar-refractivity contribution in [1.82, 2.24) is 5.32 Å². The number of amides is 1. The minimum atomic E-state index is 0.0906. The first-order valence-electron chi connectivity index (χ1n) is 7.87. The number of benzene rings is 1. The van der Waals surface area contributed by atoms with Gasteiger partial charge in [-0.3, -0.25) is 4.79 Å². The summed E-state index contributed by atoms with van der Waals surface area (Å²) in [6.07, 6.45) is 8.73. The molecule has 0 radical (unpaired) electrons. The van der Waals surface area contributed by atoms with Crippen molar-refractivity contribution in [2.24, 2.45) is 5.92 Å². The van der Waals surface area contributed by atoms with E-state index in [1.54, 1.807) is 6.07 Å². The molecule has 1 fully saturated rings. The zero-order chi connectivity index (χ0) is 13.9. The molecule has 0 aliphatic heterocycles. The van der Waals surface area contributed by atoms with E-state index in [1.165, 1.54) is 25.7 Å². The number of rotatable bonds is 2. The van der Waals surface area contributed by atoms with E-state index < -0.39 is 0 Å². The lowest BCUT2D eigenvalue weighted by atomic mass is 9.98. The molecule has 0 heterocycles. The van der Waals surface area contributed by atoms with Crippen molar-refractivity contribution in [3.63, 3.8) is 0 Å². The molecule has 1 aromatic carbocycles. The zero-order valence-electron chi connectivity index (χ0n) is 11.9. The van der Waals surface area contributed by atoms with Gasteiger partial charge in [-0.15, -0.1) is 0 Å². The fraction of sp³-hybridized carbons (Fsp3) is 0.588. The Labute approximate surface area is 120 Å². The summed E-state index contributed by atoms with van der Waals surface area (Å²) in [5.74, 6) is 0.778. The normalized spacial score (nSPS) is 23.1. The number of hydrogen-bond acceptors (Lipinski definition) is 2. The van der Waals surface area contributed by atoms with Crippen LogP contribution in [0.25, 0.3) is 0 Å². The van der Waals surface area contributed by atoms with Crippen LogP contribution in [-0.2, 0) is 11.2 Å². The second-order valence-corrected chi connectivity index (χ2v) is 6.13. The predicted octanol–water partition coefficient (Wildman–Crippen LogP) is 3.47. The summed E-state index contributed by atoms with van der Waals surface area (Å²) >= 11 is 0. The largest absolute Gasteiger partial charge is 0.508 e. The fourth-order valence-corrected chi connectivity index (χ4v) is 3.62. The van der Waals surface area contributed by atoms with Crippen LogP contribution in [0.1, 0.15) is 62.1 Å². The third-order valence-electron chi connectivity index (χ3n) is 4.79. The van der Waals surface area contributed by atoms with Gasteiger partial charge in [0.05, 0.1) is 6.04 Å². The molecule has 1 saturated carbocycles. The van der Waals surface area contributed by atoms with E-state index in [0.29, 0.717) is 5.75 Å². The highest BCUT2D eigenvalue weighted by Gasteiger charge is 2.28. The van der Waals surface area contributed by atoms with E-state index in [4.69, 9.17) is 0 Å². The predicted molar refractivity (Wildman–Crippen MR) is 78.5 cm³/mol. The quantitative estimate of drug-likeness (QED) is 0.811. The van der Waals surface area contributed by atoms with Gasteiger partial charge in [-0.25, -0.2) is 0 Å². The molecule has 108 valence electrons. The van der Waals surface area contributed by atoms with E-state index in [-0.39, 0.29) is 17.9 Å². The summed E-state index contributed by atoms with van der Waals surface area (Å²) in [5.41, 5.74) is 2.12. The van der Waals surface area contributed by atoms with Gasteiger partial charge < -0.3 is 10.4 Å². The maximum absolute atomic E-state index is 12.4. The lowest BCUT2D eigenvalue weighted by molar-refractivity contribution is -0.126. The van der Waals surface area contributed by atoms with Crippen LogP contribution in [0.2, 0.25) is 0 Å². The van der Waals surface area contributed by atoms with Gasteiger partial charge in [-0.05, 0) is 42.9 Å². The Morgan fingerprint density at radius 3 is 2.60 bits per heavy atom. The smallest absolute Gasteiger partial charge is 0.223 e. The van der Waals surface area contributed by atoms with Crippen molar-refractivity contribution in [2.45, 2.75) is 57.4 Å². The second-order valence-electron chi connectivity index (χ2n) is 6.13. The molecule has 3 nitrogen and oxygen atoms in total. The third-order valence-corrected chi connectivity index (χ3v) is 4.79. The van der Waals surface area contributed by atoms with Crippen LogP contribution in [-0.4, -0.2) is 11.0 Å².